The third-order valence-electron chi connectivity index (χ3n) is 4.71. The molecule has 1 saturated heterocycles. The number of hydrogen-bond donors (Lipinski definition) is 0. The molecule has 0 unspecified atom stereocenters. The molecule has 0 N–H and O–H groups in total. The molecular weight excluding hydrogens is 390 g/mol. The Balaban J connectivity index is 1.79. The lowest BCUT2D eigenvalue weighted by molar-refractivity contribution is -0.385. The first-order valence-electron chi connectivity index (χ1n) is 9.27. The van der Waals surface area contributed by atoms with Crippen LogP contribution in [0, 0.1) is 10.1 Å². The molecule has 2 aromatic carbocycles. The second kappa shape index (κ2) is 8.91. The van der Waals surface area contributed by atoms with Crippen molar-refractivity contribution in [3.8, 4) is 0 Å². The molecule has 2 aromatic rings. The van der Waals surface area contributed by atoms with Crippen LogP contribution in [-0.4, -0.2) is 34.1 Å². The summed E-state index contributed by atoms with van der Waals surface area (Å²) in [5.41, 5.74) is 2.13. The van der Waals surface area contributed by atoms with Crippen LogP contribution in [0.25, 0.3) is 6.08 Å². The van der Waals surface area contributed by atoms with Gasteiger partial charge in [0, 0.05) is 30.4 Å². The van der Waals surface area contributed by atoms with E-state index in [0.29, 0.717) is 10.5 Å². The summed E-state index contributed by atoms with van der Waals surface area (Å²) in [6.07, 6.45) is 1.68. The zero-order valence-electron chi connectivity index (χ0n) is 16.2. The predicted molar refractivity (Wildman–Crippen MR) is 115 cm³/mol. The van der Waals surface area contributed by atoms with E-state index >= 15 is 0 Å². The molecule has 0 aliphatic carbocycles. The second-order valence-corrected chi connectivity index (χ2v) is 7.41. The Hall–Kier alpha value is -3.13. The molecule has 0 saturated carbocycles. The fourth-order valence-electron chi connectivity index (χ4n) is 3.15. The number of nitro benzene ring substituents is 1. The molecule has 29 heavy (non-hydrogen) atoms. The van der Waals surface area contributed by atoms with Crippen LogP contribution in [0.15, 0.2) is 53.4 Å². The maximum atomic E-state index is 12.7. The van der Waals surface area contributed by atoms with Gasteiger partial charge < -0.3 is 4.90 Å². The molecule has 1 fully saturated rings. The molecular formula is C21H21N3O4S. The first-order valence-corrected chi connectivity index (χ1v) is 10.1. The van der Waals surface area contributed by atoms with E-state index in [2.05, 4.69) is 18.7 Å². The van der Waals surface area contributed by atoms with Crippen LogP contribution < -0.4 is 4.90 Å². The van der Waals surface area contributed by atoms with E-state index in [1.807, 2.05) is 24.3 Å². The van der Waals surface area contributed by atoms with Gasteiger partial charge in [-0.2, -0.15) is 0 Å². The molecule has 3 rings (SSSR count). The summed E-state index contributed by atoms with van der Waals surface area (Å²) in [6, 6.07) is 13.9. The first kappa shape index (κ1) is 20.6. The Morgan fingerprint density at radius 1 is 1.07 bits per heavy atom. The van der Waals surface area contributed by atoms with E-state index in [0.717, 1.165) is 41.0 Å². The number of carbonyl (C=O) groups excluding carboxylic acids is 2. The largest absolute Gasteiger partial charge is 0.372 e. The van der Waals surface area contributed by atoms with Crippen LogP contribution in [0.5, 0.6) is 0 Å². The van der Waals surface area contributed by atoms with Crippen molar-refractivity contribution in [2.24, 2.45) is 0 Å². The number of amides is 2. The first-order chi connectivity index (χ1) is 13.9. The van der Waals surface area contributed by atoms with Crippen LogP contribution in [0.3, 0.4) is 0 Å². The highest BCUT2D eigenvalue weighted by Gasteiger charge is 2.36. The molecule has 1 aliphatic heterocycles. The van der Waals surface area contributed by atoms with Gasteiger partial charge in [-0.25, -0.2) is 0 Å². The molecule has 0 bridgehead atoms. The number of nitro groups is 1. The van der Waals surface area contributed by atoms with E-state index in [1.165, 1.54) is 6.07 Å². The number of carbonyl (C=O) groups is 2. The molecule has 1 aliphatic rings. The van der Waals surface area contributed by atoms with Gasteiger partial charge in [-0.05, 0) is 49.4 Å². The van der Waals surface area contributed by atoms with Crippen molar-refractivity contribution in [1.29, 1.82) is 0 Å². The Kier molecular flexibility index (Phi) is 6.33. The normalized spacial score (nSPS) is 15.2. The van der Waals surface area contributed by atoms with Crippen molar-refractivity contribution < 1.29 is 14.5 Å². The van der Waals surface area contributed by atoms with E-state index in [9.17, 15) is 19.7 Å². The average molecular weight is 411 g/mol. The van der Waals surface area contributed by atoms with Gasteiger partial charge in [-0.15, -0.1) is 0 Å². The zero-order valence-corrected chi connectivity index (χ0v) is 17.0. The number of benzene rings is 2. The lowest BCUT2D eigenvalue weighted by Gasteiger charge is -2.20. The number of anilines is 1. The molecule has 2 amide bonds. The van der Waals surface area contributed by atoms with Crippen LogP contribution in [0.2, 0.25) is 0 Å². The number of hydrogen-bond acceptors (Lipinski definition) is 6. The molecule has 1 heterocycles. The summed E-state index contributed by atoms with van der Waals surface area (Å²) in [6.45, 7) is 5.86. The zero-order chi connectivity index (χ0) is 21.0. The smallest absolute Gasteiger partial charge is 0.293 e. The molecule has 0 spiro atoms. The van der Waals surface area contributed by atoms with E-state index in [-0.39, 0.29) is 12.2 Å². The monoisotopic (exact) mass is 411 g/mol. The van der Waals surface area contributed by atoms with Crippen LogP contribution >= 0.6 is 11.8 Å². The van der Waals surface area contributed by atoms with Gasteiger partial charge >= 0.3 is 0 Å². The molecule has 0 atom stereocenters. The third kappa shape index (κ3) is 4.48. The van der Waals surface area contributed by atoms with E-state index in [1.54, 1.807) is 24.3 Å². The van der Waals surface area contributed by atoms with Crippen LogP contribution in [0.4, 0.5) is 16.2 Å². The van der Waals surface area contributed by atoms with E-state index in [4.69, 9.17) is 0 Å². The summed E-state index contributed by atoms with van der Waals surface area (Å²) in [5.74, 6) is -0.439. The number of imide groups is 1. The molecule has 7 nitrogen and oxygen atoms in total. The Morgan fingerprint density at radius 3 is 2.34 bits per heavy atom. The Bertz CT molecular complexity index is 968. The molecule has 0 radical (unpaired) electrons. The summed E-state index contributed by atoms with van der Waals surface area (Å²) in [7, 11) is 0. The fraction of sp³-hybridized carbons (Fsp3) is 0.238. The van der Waals surface area contributed by atoms with Gasteiger partial charge in [-0.1, -0.05) is 30.3 Å². The van der Waals surface area contributed by atoms with Gasteiger partial charge in [0.05, 0.1) is 16.4 Å². The minimum Gasteiger partial charge on any atom is -0.372 e. The fourth-order valence-corrected chi connectivity index (χ4v) is 3.99. The topological polar surface area (TPSA) is 83.8 Å². The number of rotatable bonds is 7. The summed E-state index contributed by atoms with van der Waals surface area (Å²) in [4.78, 5) is 39.3. The highest BCUT2D eigenvalue weighted by molar-refractivity contribution is 8.18. The van der Waals surface area contributed by atoms with Gasteiger partial charge in [-0.3, -0.25) is 24.6 Å². The van der Waals surface area contributed by atoms with Crippen molar-refractivity contribution in [2.45, 2.75) is 20.4 Å². The lowest BCUT2D eigenvalue weighted by Crippen LogP contribution is -2.27. The minimum absolute atomic E-state index is 0.109. The maximum absolute atomic E-state index is 12.7. The lowest BCUT2D eigenvalue weighted by atomic mass is 10.1. The summed E-state index contributed by atoms with van der Waals surface area (Å²) >= 11 is 0.848. The predicted octanol–water partition coefficient (Wildman–Crippen LogP) is 4.68. The molecule has 8 heteroatoms. The number of thioether (sulfide) groups is 1. The SMILES string of the molecule is CCN(CC)c1ccc(C=C2SC(=O)N(Cc3ccccc3[N+](=O)[O-])C2=O)cc1. The maximum Gasteiger partial charge on any atom is 0.293 e. The molecule has 150 valence electrons. The highest BCUT2D eigenvalue weighted by atomic mass is 32.2. The van der Waals surface area contributed by atoms with Gasteiger partial charge in [0.2, 0.25) is 0 Å². The second-order valence-electron chi connectivity index (χ2n) is 6.42. The van der Waals surface area contributed by atoms with E-state index < -0.39 is 16.1 Å². The summed E-state index contributed by atoms with van der Waals surface area (Å²) in [5, 5.41) is 10.7. The summed E-state index contributed by atoms with van der Waals surface area (Å²) < 4.78 is 0. The molecule has 0 aromatic heterocycles. The van der Waals surface area contributed by atoms with Crippen LogP contribution in [-0.2, 0) is 11.3 Å². The quantitative estimate of drug-likeness (QED) is 0.374. The van der Waals surface area contributed by atoms with Gasteiger partial charge in [0.25, 0.3) is 16.8 Å². The Morgan fingerprint density at radius 2 is 1.72 bits per heavy atom. The van der Waals surface area contributed by atoms with Crippen LogP contribution in [0.1, 0.15) is 25.0 Å². The van der Waals surface area contributed by atoms with Gasteiger partial charge in [0.15, 0.2) is 0 Å². The van der Waals surface area contributed by atoms with Crippen molar-refractivity contribution >= 4 is 40.4 Å². The Labute approximate surface area is 173 Å². The number of nitrogens with zero attached hydrogens (tertiary/aromatic N) is 3. The third-order valence-corrected chi connectivity index (χ3v) is 5.62. The number of para-hydroxylation sites is 1. The van der Waals surface area contributed by atoms with Crippen molar-refractivity contribution in [3.05, 3.63) is 74.7 Å². The standard InChI is InChI=1S/C21H21N3O4S/c1-3-22(4-2)17-11-9-15(10-12-17)13-19-20(25)23(21(26)29-19)14-16-7-5-6-8-18(16)24(27)28/h5-13H,3-4,14H2,1-2H3. The van der Waals surface area contributed by atoms with Crippen molar-refractivity contribution in [3.63, 3.8) is 0 Å². The van der Waals surface area contributed by atoms with Crippen molar-refractivity contribution in [1.82, 2.24) is 4.90 Å². The van der Waals surface area contributed by atoms with Crippen molar-refractivity contribution in [2.75, 3.05) is 18.0 Å². The average Bonchev–Trinajstić information content (AvgIpc) is 2.98. The highest BCUT2D eigenvalue weighted by Crippen LogP contribution is 2.34. The minimum atomic E-state index is -0.512. The van der Waals surface area contributed by atoms with Gasteiger partial charge in [0.1, 0.15) is 0 Å².